The Labute approximate surface area is 215 Å². The summed E-state index contributed by atoms with van der Waals surface area (Å²) >= 11 is 0. The highest BCUT2D eigenvalue weighted by Gasteiger charge is 2.29. The molecule has 0 aliphatic carbocycles. The van der Waals surface area contributed by atoms with Crippen LogP contribution in [0.1, 0.15) is 16.7 Å². The first-order valence-electron chi connectivity index (χ1n) is 12.0. The summed E-state index contributed by atoms with van der Waals surface area (Å²) in [6, 6.07) is 24.3. The molecule has 1 aromatic heterocycles. The fraction of sp³-hybridized carbons (Fsp3) is 0.207. The number of rotatable bonds is 10. The summed E-state index contributed by atoms with van der Waals surface area (Å²) in [6.07, 6.45) is 1.52. The average Bonchev–Trinajstić information content (AvgIpc) is 3.34. The molecule has 0 fully saturated rings. The maximum Gasteiger partial charge on any atom is 0.408 e. The first-order valence-corrected chi connectivity index (χ1v) is 12.0. The lowest BCUT2D eigenvalue weighted by atomic mass is 10.0. The smallest absolute Gasteiger partial charge is 0.408 e. The third-order valence-corrected chi connectivity index (χ3v) is 6.01. The molecule has 2 atom stereocenters. The highest BCUT2D eigenvalue weighted by atomic mass is 16.5. The van der Waals surface area contributed by atoms with Gasteiger partial charge in [-0.05, 0) is 22.8 Å². The van der Waals surface area contributed by atoms with Gasteiger partial charge in [0.25, 0.3) is 0 Å². The van der Waals surface area contributed by atoms with E-state index in [1.165, 1.54) is 7.11 Å². The Balaban J connectivity index is 1.48. The van der Waals surface area contributed by atoms with Crippen molar-refractivity contribution < 1.29 is 23.9 Å². The molecule has 0 aliphatic rings. The molecule has 2 amide bonds. The average molecular weight is 500 g/mol. The fourth-order valence-corrected chi connectivity index (χ4v) is 4.09. The quantitative estimate of drug-likeness (QED) is 0.287. The number of hydrogen-bond donors (Lipinski definition) is 3. The van der Waals surface area contributed by atoms with Crippen LogP contribution >= 0.6 is 0 Å². The molecular weight excluding hydrogens is 470 g/mol. The number of benzene rings is 3. The SMILES string of the molecule is COC(=O)[C@@H](Cc1c[nH]c2ccccc12)NC(=O)[C@H](Cc1ccccc1)NC(=O)OCc1ccccc1. The van der Waals surface area contributed by atoms with E-state index in [0.29, 0.717) is 0 Å². The number of H-pyrrole nitrogens is 1. The van der Waals surface area contributed by atoms with Gasteiger partial charge in [-0.15, -0.1) is 0 Å². The van der Waals surface area contributed by atoms with Crippen molar-refractivity contribution in [2.24, 2.45) is 0 Å². The van der Waals surface area contributed by atoms with E-state index in [2.05, 4.69) is 15.6 Å². The maximum atomic E-state index is 13.4. The van der Waals surface area contributed by atoms with Crippen molar-refractivity contribution in [1.29, 1.82) is 0 Å². The van der Waals surface area contributed by atoms with Crippen LogP contribution in [0.3, 0.4) is 0 Å². The second-order valence-corrected chi connectivity index (χ2v) is 8.60. The summed E-state index contributed by atoms with van der Waals surface area (Å²) in [6.45, 7) is 0.0672. The van der Waals surface area contributed by atoms with Crippen LogP contribution in [0.15, 0.2) is 91.1 Å². The summed E-state index contributed by atoms with van der Waals surface area (Å²) in [5, 5.41) is 6.38. The number of amides is 2. The number of aromatic amines is 1. The van der Waals surface area contributed by atoms with Crippen molar-refractivity contribution in [3.05, 3.63) is 108 Å². The van der Waals surface area contributed by atoms with Gasteiger partial charge in [-0.3, -0.25) is 4.79 Å². The molecule has 8 nitrogen and oxygen atoms in total. The lowest BCUT2D eigenvalue weighted by Gasteiger charge is -2.22. The van der Waals surface area contributed by atoms with Crippen LogP contribution in [0.2, 0.25) is 0 Å². The molecule has 0 spiro atoms. The second-order valence-electron chi connectivity index (χ2n) is 8.60. The summed E-state index contributed by atoms with van der Waals surface area (Å²) < 4.78 is 10.3. The van der Waals surface area contributed by atoms with Gasteiger partial charge < -0.3 is 25.1 Å². The molecule has 0 radical (unpaired) electrons. The third-order valence-electron chi connectivity index (χ3n) is 6.01. The predicted octanol–water partition coefficient (Wildman–Crippen LogP) is 3.91. The van der Waals surface area contributed by atoms with E-state index in [1.54, 1.807) is 0 Å². The van der Waals surface area contributed by atoms with Gasteiger partial charge in [0.15, 0.2) is 0 Å². The Bertz CT molecular complexity index is 1340. The summed E-state index contributed by atoms with van der Waals surface area (Å²) in [7, 11) is 1.28. The Morgan fingerprint density at radius 2 is 1.43 bits per heavy atom. The Hall–Kier alpha value is -4.59. The van der Waals surface area contributed by atoms with E-state index in [9.17, 15) is 14.4 Å². The number of ether oxygens (including phenoxy) is 2. The van der Waals surface area contributed by atoms with Crippen LogP contribution in [0.25, 0.3) is 10.9 Å². The van der Waals surface area contributed by atoms with E-state index in [4.69, 9.17) is 9.47 Å². The number of hydrogen-bond acceptors (Lipinski definition) is 5. The van der Waals surface area contributed by atoms with Crippen molar-refractivity contribution >= 4 is 28.9 Å². The molecule has 0 saturated heterocycles. The Morgan fingerprint density at radius 1 is 0.784 bits per heavy atom. The molecule has 0 aliphatic heterocycles. The number of esters is 1. The lowest BCUT2D eigenvalue weighted by Crippen LogP contribution is -2.53. The van der Waals surface area contributed by atoms with Gasteiger partial charge in [0, 0.05) is 29.9 Å². The first kappa shape index (κ1) is 25.5. The number of para-hydroxylation sites is 1. The van der Waals surface area contributed by atoms with Gasteiger partial charge in [0.2, 0.25) is 5.91 Å². The monoisotopic (exact) mass is 499 g/mol. The minimum absolute atomic E-state index is 0.0672. The highest BCUT2D eigenvalue weighted by molar-refractivity contribution is 5.91. The molecule has 0 unspecified atom stereocenters. The van der Waals surface area contributed by atoms with Gasteiger partial charge in [-0.25, -0.2) is 9.59 Å². The minimum atomic E-state index is -0.971. The van der Waals surface area contributed by atoms with Gasteiger partial charge in [-0.1, -0.05) is 78.9 Å². The molecule has 190 valence electrons. The van der Waals surface area contributed by atoms with E-state index >= 15 is 0 Å². The van der Waals surface area contributed by atoms with Gasteiger partial charge in [-0.2, -0.15) is 0 Å². The summed E-state index contributed by atoms with van der Waals surface area (Å²) in [5.41, 5.74) is 3.46. The number of carbonyl (C=O) groups excluding carboxylic acids is 3. The standard InChI is InChI=1S/C29H29N3O5/c1-36-28(34)26(17-22-18-30-24-15-9-8-14-23(22)24)31-27(33)25(16-20-10-4-2-5-11-20)32-29(35)37-19-21-12-6-3-7-13-21/h2-15,18,25-26,30H,16-17,19H2,1H3,(H,31,33)(H,32,35)/t25-,26+/m0/s1. The molecule has 8 heteroatoms. The van der Waals surface area contributed by atoms with E-state index in [0.717, 1.165) is 27.6 Å². The zero-order valence-electron chi connectivity index (χ0n) is 20.5. The Kier molecular flexibility index (Phi) is 8.54. The van der Waals surface area contributed by atoms with Crippen LogP contribution in [0.4, 0.5) is 4.79 Å². The molecule has 37 heavy (non-hydrogen) atoms. The van der Waals surface area contributed by atoms with Crippen molar-refractivity contribution in [3.63, 3.8) is 0 Å². The van der Waals surface area contributed by atoms with E-state index in [1.807, 2.05) is 91.1 Å². The second kappa shape index (κ2) is 12.4. The molecule has 3 N–H and O–H groups in total. The number of methoxy groups -OCH3 is 1. The molecule has 4 rings (SSSR count). The van der Waals surface area contributed by atoms with E-state index < -0.39 is 30.1 Å². The first-order chi connectivity index (χ1) is 18.0. The van der Waals surface area contributed by atoms with Crippen LogP contribution in [-0.4, -0.2) is 42.1 Å². The van der Waals surface area contributed by atoms with E-state index in [-0.39, 0.29) is 19.4 Å². The largest absolute Gasteiger partial charge is 0.467 e. The van der Waals surface area contributed by atoms with Crippen LogP contribution in [0.5, 0.6) is 0 Å². The zero-order valence-corrected chi connectivity index (χ0v) is 20.5. The van der Waals surface area contributed by atoms with Crippen molar-refractivity contribution in [3.8, 4) is 0 Å². The normalized spacial score (nSPS) is 12.4. The zero-order chi connectivity index (χ0) is 26.0. The Morgan fingerprint density at radius 3 is 2.14 bits per heavy atom. The molecule has 0 saturated carbocycles. The van der Waals surface area contributed by atoms with Crippen molar-refractivity contribution in [1.82, 2.24) is 15.6 Å². The number of nitrogens with one attached hydrogen (secondary N) is 3. The van der Waals surface area contributed by atoms with Crippen molar-refractivity contribution in [2.75, 3.05) is 7.11 Å². The van der Waals surface area contributed by atoms with Crippen LogP contribution < -0.4 is 10.6 Å². The summed E-state index contributed by atoms with van der Waals surface area (Å²) in [5.74, 6) is -1.10. The number of alkyl carbamates (subject to hydrolysis) is 1. The molecule has 0 bridgehead atoms. The van der Waals surface area contributed by atoms with Gasteiger partial charge in [0.05, 0.1) is 7.11 Å². The highest BCUT2D eigenvalue weighted by Crippen LogP contribution is 2.19. The number of aromatic nitrogens is 1. The topological polar surface area (TPSA) is 110 Å². The van der Waals surface area contributed by atoms with Crippen LogP contribution in [0, 0.1) is 0 Å². The third kappa shape index (κ3) is 6.98. The minimum Gasteiger partial charge on any atom is -0.467 e. The number of fused-ring (bicyclic) bond motifs is 1. The van der Waals surface area contributed by atoms with Gasteiger partial charge in [0.1, 0.15) is 18.7 Å². The van der Waals surface area contributed by atoms with Gasteiger partial charge >= 0.3 is 12.1 Å². The lowest BCUT2D eigenvalue weighted by molar-refractivity contribution is -0.145. The summed E-state index contributed by atoms with van der Waals surface area (Å²) in [4.78, 5) is 41.8. The predicted molar refractivity (Wildman–Crippen MR) is 140 cm³/mol. The molecule has 1 heterocycles. The molecule has 3 aromatic carbocycles. The van der Waals surface area contributed by atoms with Crippen molar-refractivity contribution in [2.45, 2.75) is 31.5 Å². The van der Waals surface area contributed by atoms with Crippen LogP contribution in [-0.2, 0) is 38.5 Å². The fourth-order valence-electron chi connectivity index (χ4n) is 4.09. The maximum absolute atomic E-state index is 13.4. The molecular formula is C29H29N3O5. The molecule has 4 aromatic rings. The number of carbonyl (C=O) groups is 3.